The molecule has 2 aromatic rings. The van der Waals surface area contributed by atoms with Crippen molar-refractivity contribution in [2.24, 2.45) is 0 Å². The molecule has 190 valence electrons. The van der Waals surface area contributed by atoms with E-state index in [4.69, 9.17) is 9.47 Å². The predicted octanol–water partition coefficient (Wildman–Crippen LogP) is 2.56. The van der Waals surface area contributed by atoms with E-state index in [9.17, 15) is 18.0 Å². The Morgan fingerprint density at radius 2 is 1.77 bits per heavy atom. The Morgan fingerprint density at radius 3 is 2.43 bits per heavy atom. The van der Waals surface area contributed by atoms with Gasteiger partial charge in [-0.1, -0.05) is 44.2 Å². The Bertz CT molecular complexity index is 1120. The SMILES string of the molecule is CCCNC(=O)C(CC)N(CCc1ccccc1)C(=O)CN(c1ccc2c(c1)OCO2)S(C)(=O)=O. The summed E-state index contributed by atoms with van der Waals surface area (Å²) < 4.78 is 37.1. The maximum atomic E-state index is 13.6. The molecule has 3 rings (SSSR count). The third-order valence-electron chi connectivity index (χ3n) is 5.74. The summed E-state index contributed by atoms with van der Waals surface area (Å²) in [6.07, 6.45) is 2.75. The number of carbonyl (C=O) groups is 2. The van der Waals surface area contributed by atoms with Crippen LogP contribution < -0.4 is 19.1 Å². The van der Waals surface area contributed by atoms with Gasteiger partial charge in [0.2, 0.25) is 28.6 Å². The lowest BCUT2D eigenvalue weighted by atomic mass is 10.1. The van der Waals surface area contributed by atoms with Crippen LogP contribution in [0.2, 0.25) is 0 Å². The van der Waals surface area contributed by atoms with Crippen LogP contribution in [0.25, 0.3) is 0 Å². The van der Waals surface area contributed by atoms with Crippen LogP contribution in [0, 0.1) is 0 Å². The van der Waals surface area contributed by atoms with Gasteiger partial charge in [-0.25, -0.2) is 8.42 Å². The highest BCUT2D eigenvalue weighted by Gasteiger charge is 2.31. The van der Waals surface area contributed by atoms with E-state index in [0.717, 1.165) is 22.5 Å². The number of nitrogens with one attached hydrogen (secondary N) is 1. The zero-order valence-electron chi connectivity index (χ0n) is 20.4. The average Bonchev–Trinajstić information content (AvgIpc) is 3.31. The van der Waals surface area contributed by atoms with Gasteiger partial charge in [0.05, 0.1) is 11.9 Å². The first-order chi connectivity index (χ1) is 16.7. The Labute approximate surface area is 207 Å². The van der Waals surface area contributed by atoms with Gasteiger partial charge in [0.25, 0.3) is 0 Å². The summed E-state index contributed by atoms with van der Waals surface area (Å²) in [6, 6.07) is 13.7. The standard InChI is InChI=1S/C25H33N3O6S/c1-4-14-26-25(30)21(5-2)27(15-13-19-9-7-6-8-10-19)24(29)17-28(35(3,31)32)20-11-12-22-23(16-20)34-18-33-22/h6-12,16,21H,4-5,13-15,17-18H2,1-3H3,(H,26,30). The third kappa shape index (κ3) is 6.88. The first-order valence-electron chi connectivity index (χ1n) is 11.7. The second-order valence-electron chi connectivity index (χ2n) is 8.35. The lowest BCUT2D eigenvalue weighted by Crippen LogP contribution is -2.53. The van der Waals surface area contributed by atoms with Crippen LogP contribution in [0.5, 0.6) is 11.5 Å². The van der Waals surface area contributed by atoms with Crippen LogP contribution in [-0.2, 0) is 26.0 Å². The van der Waals surface area contributed by atoms with Crippen LogP contribution in [0.1, 0.15) is 32.3 Å². The quantitative estimate of drug-likeness (QED) is 0.477. The minimum atomic E-state index is -3.81. The molecule has 1 atom stereocenters. The number of hydrogen-bond donors (Lipinski definition) is 1. The summed E-state index contributed by atoms with van der Waals surface area (Å²) in [6.45, 7) is 4.18. The molecule has 1 heterocycles. The molecule has 0 fully saturated rings. The monoisotopic (exact) mass is 503 g/mol. The van der Waals surface area contributed by atoms with Gasteiger partial charge in [-0.3, -0.25) is 13.9 Å². The largest absolute Gasteiger partial charge is 0.454 e. The average molecular weight is 504 g/mol. The lowest BCUT2D eigenvalue weighted by molar-refractivity contribution is -0.139. The Kier molecular flexibility index (Phi) is 8.97. The normalized spacial score (nSPS) is 13.2. The fraction of sp³-hybridized carbons (Fsp3) is 0.440. The molecule has 10 heteroatoms. The molecule has 0 radical (unpaired) electrons. The van der Waals surface area contributed by atoms with E-state index in [1.165, 1.54) is 11.0 Å². The molecule has 1 unspecified atom stereocenters. The summed E-state index contributed by atoms with van der Waals surface area (Å²) in [5.74, 6) is 0.221. The fourth-order valence-corrected chi connectivity index (χ4v) is 4.76. The van der Waals surface area contributed by atoms with Gasteiger partial charge in [0, 0.05) is 19.2 Å². The zero-order valence-corrected chi connectivity index (χ0v) is 21.2. The lowest BCUT2D eigenvalue weighted by Gasteiger charge is -2.32. The molecular formula is C25H33N3O6S. The summed E-state index contributed by atoms with van der Waals surface area (Å²) >= 11 is 0. The second kappa shape index (κ2) is 11.9. The van der Waals surface area contributed by atoms with E-state index in [-0.39, 0.29) is 24.9 Å². The number of anilines is 1. The minimum absolute atomic E-state index is 0.0505. The number of ether oxygens (including phenoxy) is 2. The molecule has 1 N–H and O–H groups in total. The van der Waals surface area contributed by atoms with Gasteiger partial charge < -0.3 is 19.7 Å². The number of rotatable bonds is 12. The van der Waals surface area contributed by atoms with Crippen LogP contribution in [-0.4, -0.2) is 63.9 Å². The number of hydrogen-bond acceptors (Lipinski definition) is 6. The van der Waals surface area contributed by atoms with E-state index in [0.29, 0.717) is 30.9 Å². The summed E-state index contributed by atoms with van der Waals surface area (Å²) in [5.41, 5.74) is 1.31. The third-order valence-corrected chi connectivity index (χ3v) is 6.88. The first kappa shape index (κ1) is 26.3. The van der Waals surface area contributed by atoms with Gasteiger partial charge in [0.15, 0.2) is 11.5 Å². The molecule has 0 spiro atoms. The van der Waals surface area contributed by atoms with Crippen molar-refractivity contribution in [2.75, 3.05) is 37.0 Å². The van der Waals surface area contributed by atoms with Crippen molar-refractivity contribution < 1.29 is 27.5 Å². The molecule has 0 aromatic heterocycles. The molecule has 35 heavy (non-hydrogen) atoms. The Morgan fingerprint density at radius 1 is 1.06 bits per heavy atom. The first-order valence-corrected chi connectivity index (χ1v) is 13.6. The van der Waals surface area contributed by atoms with E-state index >= 15 is 0 Å². The molecule has 2 amide bonds. The second-order valence-corrected chi connectivity index (χ2v) is 10.3. The predicted molar refractivity (Wildman–Crippen MR) is 134 cm³/mol. The summed E-state index contributed by atoms with van der Waals surface area (Å²) in [4.78, 5) is 28.0. The Hall–Kier alpha value is -3.27. The number of carbonyl (C=O) groups excluding carboxylic acids is 2. The van der Waals surface area contributed by atoms with E-state index in [1.54, 1.807) is 12.1 Å². The van der Waals surface area contributed by atoms with Gasteiger partial charge in [-0.15, -0.1) is 0 Å². The highest BCUT2D eigenvalue weighted by molar-refractivity contribution is 7.92. The van der Waals surface area contributed by atoms with Crippen molar-refractivity contribution in [2.45, 2.75) is 39.2 Å². The molecule has 9 nitrogen and oxygen atoms in total. The van der Waals surface area contributed by atoms with Crippen molar-refractivity contribution in [1.29, 1.82) is 0 Å². The number of fused-ring (bicyclic) bond motifs is 1. The van der Waals surface area contributed by atoms with Gasteiger partial charge in [-0.2, -0.15) is 0 Å². The number of nitrogens with zero attached hydrogens (tertiary/aromatic N) is 2. The molecule has 1 aliphatic rings. The number of sulfonamides is 1. The van der Waals surface area contributed by atoms with Gasteiger partial charge in [-0.05, 0) is 37.0 Å². The zero-order chi connectivity index (χ0) is 25.4. The van der Waals surface area contributed by atoms with E-state index < -0.39 is 28.5 Å². The fourth-order valence-electron chi connectivity index (χ4n) is 3.92. The van der Waals surface area contributed by atoms with E-state index in [1.807, 2.05) is 44.2 Å². The van der Waals surface area contributed by atoms with Crippen LogP contribution in [0.4, 0.5) is 5.69 Å². The molecule has 0 aliphatic carbocycles. The minimum Gasteiger partial charge on any atom is -0.454 e. The van der Waals surface area contributed by atoms with Crippen LogP contribution in [0.3, 0.4) is 0 Å². The molecule has 1 aliphatic heterocycles. The molecular weight excluding hydrogens is 470 g/mol. The van der Waals surface area contributed by atoms with Crippen LogP contribution >= 0.6 is 0 Å². The van der Waals surface area contributed by atoms with Crippen molar-refractivity contribution >= 4 is 27.5 Å². The molecule has 0 saturated heterocycles. The summed E-state index contributed by atoms with van der Waals surface area (Å²) in [7, 11) is -3.81. The summed E-state index contributed by atoms with van der Waals surface area (Å²) in [5, 5.41) is 2.87. The van der Waals surface area contributed by atoms with Crippen molar-refractivity contribution in [3.05, 3.63) is 54.1 Å². The van der Waals surface area contributed by atoms with Crippen LogP contribution in [0.15, 0.2) is 48.5 Å². The van der Waals surface area contributed by atoms with Gasteiger partial charge in [0.1, 0.15) is 12.6 Å². The van der Waals surface area contributed by atoms with Gasteiger partial charge >= 0.3 is 0 Å². The number of benzene rings is 2. The van der Waals surface area contributed by atoms with E-state index in [2.05, 4.69) is 5.32 Å². The highest BCUT2D eigenvalue weighted by Crippen LogP contribution is 2.36. The topological polar surface area (TPSA) is 105 Å². The Balaban J connectivity index is 1.87. The maximum Gasteiger partial charge on any atom is 0.244 e. The van der Waals surface area contributed by atoms with Crippen molar-refractivity contribution in [3.8, 4) is 11.5 Å². The highest BCUT2D eigenvalue weighted by atomic mass is 32.2. The molecule has 0 saturated carbocycles. The van der Waals surface area contributed by atoms with Crippen molar-refractivity contribution in [3.63, 3.8) is 0 Å². The molecule has 2 aromatic carbocycles. The molecule has 0 bridgehead atoms. The maximum absolute atomic E-state index is 13.6. The van der Waals surface area contributed by atoms with Crippen molar-refractivity contribution in [1.82, 2.24) is 10.2 Å². The number of amides is 2. The smallest absolute Gasteiger partial charge is 0.244 e.